The Morgan fingerprint density at radius 2 is 1.90 bits per heavy atom. The summed E-state index contributed by atoms with van der Waals surface area (Å²) in [5.74, 6) is 0.966. The number of nitrogens with one attached hydrogen (secondary N) is 1. The highest BCUT2D eigenvalue weighted by Crippen LogP contribution is 2.28. The van der Waals surface area contributed by atoms with Crippen molar-refractivity contribution in [2.24, 2.45) is 0 Å². The van der Waals surface area contributed by atoms with Gasteiger partial charge in [-0.2, -0.15) is 0 Å². The topological polar surface area (TPSA) is 24.5 Å². The van der Waals surface area contributed by atoms with Crippen LogP contribution in [0.1, 0.15) is 57.2 Å². The van der Waals surface area contributed by atoms with Crippen molar-refractivity contribution < 1.29 is 4.74 Å². The summed E-state index contributed by atoms with van der Waals surface area (Å²) in [5.41, 5.74) is 6.20. The molecule has 0 spiro atoms. The van der Waals surface area contributed by atoms with Crippen molar-refractivity contribution in [2.45, 2.75) is 65.1 Å². The molecule has 3 heteroatoms. The molecular formula is C17H28N2O. The normalized spacial score (nSPS) is 25.4. The van der Waals surface area contributed by atoms with Crippen molar-refractivity contribution in [3.8, 4) is 5.75 Å². The van der Waals surface area contributed by atoms with Crippen LogP contribution < -0.4 is 10.2 Å². The van der Waals surface area contributed by atoms with Crippen LogP contribution >= 0.6 is 0 Å². The van der Waals surface area contributed by atoms with E-state index in [1.54, 1.807) is 7.11 Å². The first-order valence-electron chi connectivity index (χ1n) is 7.72. The van der Waals surface area contributed by atoms with Crippen LogP contribution in [0.3, 0.4) is 0 Å². The van der Waals surface area contributed by atoms with E-state index in [-0.39, 0.29) is 6.04 Å². The minimum atomic E-state index is 0.257. The quantitative estimate of drug-likeness (QED) is 0.904. The molecule has 1 saturated heterocycles. The summed E-state index contributed by atoms with van der Waals surface area (Å²) in [6, 6.07) is 7.82. The van der Waals surface area contributed by atoms with E-state index in [1.807, 2.05) is 0 Å². The second kappa shape index (κ2) is 6.59. The Morgan fingerprint density at radius 3 is 2.50 bits per heavy atom. The van der Waals surface area contributed by atoms with Gasteiger partial charge in [-0.05, 0) is 46.6 Å². The molecule has 3 unspecified atom stereocenters. The summed E-state index contributed by atoms with van der Waals surface area (Å²) in [6.07, 6.45) is 3.88. The third kappa shape index (κ3) is 3.33. The fraction of sp³-hybridized carbons (Fsp3) is 0.647. The molecular weight excluding hydrogens is 248 g/mol. The molecule has 1 aliphatic heterocycles. The Labute approximate surface area is 123 Å². The molecule has 1 N–H and O–H groups in total. The first kappa shape index (κ1) is 15.3. The van der Waals surface area contributed by atoms with Crippen molar-refractivity contribution in [2.75, 3.05) is 7.11 Å². The highest BCUT2D eigenvalue weighted by Gasteiger charge is 2.26. The Kier molecular flexibility index (Phi) is 5.06. The van der Waals surface area contributed by atoms with Crippen LogP contribution in [-0.2, 0) is 0 Å². The van der Waals surface area contributed by atoms with Crippen LogP contribution in [0.4, 0.5) is 0 Å². The van der Waals surface area contributed by atoms with Gasteiger partial charge in [0.15, 0.2) is 0 Å². The van der Waals surface area contributed by atoms with Gasteiger partial charge in [0.1, 0.15) is 5.75 Å². The lowest BCUT2D eigenvalue weighted by Gasteiger charge is -2.41. The number of hydrogen-bond acceptors (Lipinski definition) is 3. The maximum absolute atomic E-state index is 5.51. The molecule has 112 valence electrons. The molecule has 1 heterocycles. The van der Waals surface area contributed by atoms with Crippen LogP contribution in [0.2, 0.25) is 0 Å². The number of piperidine rings is 1. The molecule has 2 rings (SSSR count). The van der Waals surface area contributed by atoms with Crippen molar-refractivity contribution in [3.05, 3.63) is 29.3 Å². The maximum Gasteiger partial charge on any atom is 0.123 e. The zero-order valence-electron chi connectivity index (χ0n) is 13.4. The van der Waals surface area contributed by atoms with Crippen LogP contribution in [0.5, 0.6) is 5.75 Å². The lowest BCUT2D eigenvalue weighted by Crippen LogP contribution is -2.52. The lowest BCUT2D eigenvalue weighted by atomic mass is 9.99. The molecule has 0 amide bonds. The number of rotatable bonds is 4. The number of aryl methyl sites for hydroxylation is 1. The molecule has 0 saturated carbocycles. The molecule has 0 radical (unpaired) electrons. The van der Waals surface area contributed by atoms with Crippen LogP contribution in [0.15, 0.2) is 18.2 Å². The summed E-state index contributed by atoms with van der Waals surface area (Å²) < 4.78 is 5.51. The highest BCUT2D eigenvalue weighted by atomic mass is 16.5. The molecule has 0 aromatic heterocycles. The zero-order chi connectivity index (χ0) is 14.7. The molecule has 0 bridgehead atoms. The van der Waals surface area contributed by atoms with Gasteiger partial charge in [0, 0.05) is 23.7 Å². The first-order valence-corrected chi connectivity index (χ1v) is 7.72. The first-order chi connectivity index (χ1) is 9.52. The summed E-state index contributed by atoms with van der Waals surface area (Å²) in [6.45, 7) is 8.96. The van der Waals surface area contributed by atoms with Gasteiger partial charge >= 0.3 is 0 Å². The number of nitrogens with zero attached hydrogens (tertiary/aromatic N) is 1. The number of methoxy groups -OCH3 is 1. The van der Waals surface area contributed by atoms with Gasteiger partial charge in [0.05, 0.1) is 7.11 Å². The van der Waals surface area contributed by atoms with Crippen molar-refractivity contribution in [1.82, 2.24) is 10.4 Å². The average molecular weight is 276 g/mol. The predicted molar refractivity (Wildman–Crippen MR) is 83.9 cm³/mol. The maximum atomic E-state index is 5.51. The third-order valence-electron chi connectivity index (χ3n) is 4.39. The summed E-state index contributed by atoms with van der Waals surface area (Å²) in [4.78, 5) is 0. The molecule has 20 heavy (non-hydrogen) atoms. The van der Waals surface area contributed by atoms with Gasteiger partial charge in [-0.3, -0.25) is 0 Å². The second-order valence-corrected chi connectivity index (χ2v) is 6.13. The van der Waals surface area contributed by atoms with Crippen molar-refractivity contribution in [3.63, 3.8) is 0 Å². The minimum absolute atomic E-state index is 0.257. The minimum Gasteiger partial charge on any atom is -0.496 e. The van der Waals surface area contributed by atoms with E-state index in [0.717, 1.165) is 5.75 Å². The van der Waals surface area contributed by atoms with Gasteiger partial charge in [-0.15, -0.1) is 0 Å². The Hall–Kier alpha value is -1.06. The van der Waals surface area contributed by atoms with E-state index in [2.05, 4.69) is 56.3 Å². The Morgan fingerprint density at radius 1 is 1.25 bits per heavy atom. The number of benzene rings is 1. The average Bonchev–Trinajstić information content (AvgIpc) is 2.43. The van der Waals surface area contributed by atoms with Gasteiger partial charge in [-0.1, -0.05) is 24.1 Å². The van der Waals surface area contributed by atoms with E-state index < -0.39 is 0 Å². The van der Waals surface area contributed by atoms with Crippen LogP contribution in [0.25, 0.3) is 0 Å². The fourth-order valence-electron chi connectivity index (χ4n) is 3.16. The molecule has 1 aliphatic rings. The molecule has 1 aromatic rings. The molecule has 0 aliphatic carbocycles. The van der Waals surface area contributed by atoms with E-state index in [1.165, 1.54) is 30.4 Å². The summed E-state index contributed by atoms with van der Waals surface area (Å²) >= 11 is 0. The zero-order valence-corrected chi connectivity index (χ0v) is 13.4. The van der Waals surface area contributed by atoms with Crippen LogP contribution in [-0.4, -0.2) is 24.2 Å². The monoisotopic (exact) mass is 276 g/mol. The van der Waals surface area contributed by atoms with Crippen molar-refractivity contribution in [1.29, 1.82) is 0 Å². The van der Waals surface area contributed by atoms with Gasteiger partial charge in [0.2, 0.25) is 0 Å². The second-order valence-electron chi connectivity index (χ2n) is 6.13. The molecule has 3 atom stereocenters. The summed E-state index contributed by atoms with van der Waals surface area (Å²) in [5, 5.41) is 2.43. The smallest absolute Gasteiger partial charge is 0.123 e. The number of hydrogen-bond donors (Lipinski definition) is 1. The number of hydrazine groups is 1. The van der Waals surface area contributed by atoms with Gasteiger partial charge in [-0.25, -0.2) is 10.4 Å². The third-order valence-corrected chi connectivity index (χ3v) is 4.39. The predicted octanol–water partition coefficient (Wildman–Crippen LogP) is 3.83. The van der Waals surface area contributed by atoms with Gasteiger partial charge in [0.25, 0.3) is 0 Å². The Balaban J connectivity index is 2.14. The lowest BCUT2D eigenvalue weighted by molar-refractivity contribution is 0.0316. The Bertz CT molecular complexity index is 437. The van der Waals surface area contributed by atoms with Gasteiger partial charge < -0.3 is 4.74 Å². The van der Waals surface area contributed by atoms with Crippen LogP contribution in [0, 0.1) is 6.92 Å². The fourth-order valence-corrected chi connectivity index (χ4v) is 3.16. The van der Waals surface area contributed by atoms with E-state index in [9.17, 15) is 0 Å². The molecule has 3 nitrogen and oxygen atoms in total. The highest BCUT2D eigenvalue weighted by molar-refractivity contribution is 5.38. The van der Waals surface area contributed by atoms with E-state index >= 15 is 0 Å². The number of ether oxygens (including phenoxy) is 1. The largest absolute Gasteiger partial charge is 0.496 e. The van der Waals surface area contributed by atoms with E-state index in [4.69, 9.17) is 4.74 Å². The van der Waals surface area contributed by atoms with E-state index in [0.29, 0.717) is 12.1 Å². The molecule has 1 aromatic carbocycles. The van der Waals surface area contributed by atoms with Crippen molar-refractivity contribution >= 4 is 0 Å². The SMILES string of the molecule is COc1ccc(C)cc1C(C)NN1C(C)CCCC1C. The molecule has 1 fully saturated rings. The summed E-state index contributed by atoms with van der Waals surface area (Å²) in [7, 11) is 1.74. The standard InChI is InChI=1S/C17H28N2O/c1-12-9-10-17(20-5)16(11-12)15(4)18-19-13(2)7-6-8-14(19)3/h9-11,13-15,18H,6-8H2,1-5H3.